The van der Waals surface area contributed by atoms with E-state index >= 15 is 0 Å². The minimum Gasteiger partial charge on any atom is -1.00 e. The first kappa shape index (κ1) is 12.0. The highest BCUT2D eigenvalue weighted by Crippen LogP contribution is 1.90. The van der Waals surface area contributed by atoms with Crippen LogP contribution >= 0.6 is 12.6 Å². The maximum atomic E-state index is 4.16. The fourth-order valence-electron chi connectivity index (χ4n) is 0.934. The molecule has 0 aromatic carbocycles. The Kier molecular flexibility index (Phi) is 6.48. The van der Waals surface area contributed by atoms with Gasteiger partial charge in [0.15, 0.2) is 12.4 Å². The molecular formula is C9H14BrNS. The summed E-state index contributed by atoms with van der Waals surface area (Å²) in [5.41, 5.74) is 1.31. The second-order valence-electron chi connectivity index (χ2n) is 2.69. The number of rotatable bonds is 3. The molecule has 0 N–H and O–H groups in total. The van der Waals surface area contributed by atoms with Gasteiger partial charge in [0.05, 0.1) is 0 Å². The van der Waals surface area contributed by atoms with Crippen LogP contribution in [0.15, 0.2) is 24.5 Å². The predicted molar refractivity (Wildman–Crippen MR) is 49.8 cm³/mol. The summed E-state index contributed by atoms with van der Waals surface area (Å²) in [6.45, 7) is 3.17. The number of thiol groups is 1. The van der Waals surface area contributed by atoms with Gasteiger partial charge >= 0.3 is 0 Å². The number of pyridine rings is 1. The van der Waals surface area contributed by atoms with Crippen LogP contribution in [0.25, 0.3) is 0 Å². The van der Waals surface area contributed by atoms with Gasteiger partial charge in [-0.3, -0.25) is 0 Å². The summed E-state index contributed by atoms with van der Waals surface area (Å²) in [5.74, 6) is 0.959. The zero-order valence-corrected chi connectivity index (χ0v) is 9.68. The summed E-state index contributed by atoms with van der Waals surface area (Å²) in [6, 6.07) is 4.25. The topological polar surface area (TPSA) is 3.88 Å². The molecule has 0 atom stereocenters. The first-order chi connectivity index (χ1) is 5.33. The Morgan fingerprint density at radius 2 is 1.92 bits per heavy atom. The molecule has 0 unspecified atom stereocenters. The monoisotopic (exact) mass is 247 g/mol. The van der Waals surface area contributed by atoms with Crippen LogP contribution in [0.4, 0.5) is 0 Å². The molecular weight excluding hydrogens is 234 g/mol. The summed E-state index contributed by atoms with van der Waals surface area (Å²) in [4.78, 5) is 0. The Balaban J connectivity index is 0.00000121. The average Bonchev–Trinajstić information content (AvgIpc) is 2.04. The number of aryl methyl sites for hydroxylation is 2. The van der Waals surface area contributed by atoms with Gasteiger partial charge in [-0.1, -0.05) is 0 Å². The molecule has 0 aliphatic carbocycles. The number of hydrogen-bond acceptors (Lipinski definition) is 1. The highest BCUT2D eigenvalue weighted by Gasteiger charge is 1.96. The van der Waals surface area contributed by atoms with E-state index in [2.05, 4.69) is 48.6 Å². The molecule has 1 aromatic heterocycles. The lowest BCUT2D eigenvalue weighted by molar-refractivity contribution is -0.696. The van der Waals surface area contributed by atoms with Crippen LogP contribution in [0.2, 0.25) is 0 Å². The van der Waals surface area contributed by atoms with Gasteiger partial charge in [-0.2, -0.15) is 12.6 Å². The first-order valence-corrected chi connectivity index (χ1v) is 4.53. The van der Waals surface area contributed by atoms with Crippen molar-refractivity contribution in [2.24, 2.45) is 0 Å². The third-order valence-corrected chi connectivity index (χ3v) is 1.95. The predicted octanol–water partition coefficient (Wildman–Crippen LogP) is -1.39. The Hall–Kier alpha value is -0.0200. The van der Waals surface area contributed by atoms with Crippen molar-refractivity contribution >= 4 is 12.6 Å². The zero-order valence-electron chi connectivity index (χ0n) is 7.20. The van der Waals surface area contributed by atoms with Crippen LogP contribution in [-0.4, -0.2) is 5.75 Å². The average molecular weight is 248 g/mol. The van der Waals surface area contributed by atoms with Gasteiger partial charge in [-0.05, 0) is 18.2 Å². The van der Waals surface area contributed by atoms with Gasteiger partial charge in [0.2, 0.25) is 0 Å². The Morgan fingerprint density at radius 1 is 1.33 bits per heavy atom. The van der Waals surface area contributed by atoms with Gasteiger partial charge in [0.25, 0.3) is 0 Å². The highest BCUT2D eigenvalue weighted by atomic mass is 79.9. The summed E-state index contributed by atoms with van der Waals surface area (Å²) in [6.07, 6.45) is 5.36. The number of halogens is 1. The molecule has 0 saturated carbocycles. The molecule has 0 aliphatic rings. The second-order valence-corrected chi connectivity index (χ2v) is 3.14. The number of aromatic nitrogens is 1. The maximum absolute atomic E-state index is 4.16. The third-order valence-electron chi connectivity index (χ3n) is 1.63. The van der Waals surface area contributed by atoms with Gasteiger partial charge in [-0.25, -0.2) is 4.57 Å². The summed E-state index contributed by atoms with van der Waals surface area (Å²) >= 11 is 4.16. The molecule has 0 fully saturated rings. The van der Waals surface area contributed by atoms with Gasteiger partial charge in [-0.15, -0.1) is 0 Å². The van der Waals surface area contributed by atoms with E-state index in [1.165, 1.54) is 5.56 Å². The van der Waals surface area contributed by atoms with Crippen LogP contribution < -0.4 is 21.5 Å². The van der Waals surface area contributed by atoms with E-state index in [0.717, 1.165) is 18.7 Å². The number of hydrogen-bond donors (Lipinski definition) is 1. The summed E-state index contributed by atoms with van der Waals surface area (Å²) < 4.78 is 2.18. The standard InChI is InChI=1S/C9H13NS.BrH/c1-9-3-6-10(7-4-9)5-2-8-11;/h3-4,6-7H,2,5,8H2,1H3;1H. The van der Waals surface area contributed by atoms with E-state index in [9.17, 15) is 0 Å². The lowest BCUT2D eigenvalue weighted by Crippen LogP contribution is -3.00. The van der Waals surface area contributed by atoms with Gasteiger partial charge in [0.1, 0.15) is 6.54 Å². The molecule has 0 radical (unpaired) electrons. The number of nitrogens with zero attached hydrogens (tertiary/aromatic N) is 1. The molecule has 1 rings (SSSR count). The Bertz CT molecular complexity index is 210. The fraction of sp³-hybridized carbons (Fsp3) is 0.444. The highest BCUT2D eigenvalue weighted by molar-refractivity contribution is 7.80. The van der Waals surface area contributed by atoms with E-state index in [0.29, 0.717) is 0 Å². The molecule has 1 heterocycles. The lowest BCUT2D eigenvalue weighted by atomic mass is 10.3. The smallest absolute Gasteiger partial charge is 0.169 e. The van der Waals surface area contributed by atoms with Crippen molar-refractivity contribution in [1.29, 1.82) is 0 Å². The molecule has 0 aliphatic heterocycles. The van der Waals surface area contributed by atoms with E-state index in [4.69, 9.17) is 0 Å². The van der Waals surface area contributed by atoms with E-state index in [1.54, 1.807) is 0 Å². The molecule has 0 amide bonds. The van der Waals surface area contributed by atoms with Crippen LogP contribution in [0.1, 0.15) is 12.0 Å². The van der Waals surface area contributed by atoms with Crippen molar-refractivity contribution in [1.82, 2.24) is 0 Å². The van der Waals surface area contributed by atoms with E-state index < -0.39 is 0 Å². The second kappa shape index (κ2) is 6.49. The quantitative estimate of drug-likeness (QED) is 0.496. The maximum Gasteiger partial charge on any atom is 0.169 e. The van der Waals surface area contributed by atoms with Crippen molar-refractivity contribution in [3.63, 3.8) is 0 Å². The third kappa shape index (κ3) is 4.12. The first-order valence-electron chi connectivity index (χ1n) is 3.89. The van der Waals surface area contributed by atoms with Crippen LogP contribution in [0, 0.1) is 6.92 Å². The molecule has 12 heavy (non-hydrogen) atoms. The van der Waals surface area contributed by atoms with Crippen molar-refractivity contribution in [2.45, 2.75) is 19.9 Å². The summed E-state index contributed by atoms with van der Waals surface area (Å²) in [5, 5.41) is 0. The van der Waals surface area contributed by atoms with E-state index in [-0.39, 0.29) is 17.0 Å². The molecule has 1 nitrogen and oxygen atoms in total. The molecule has 3 heteroatoms. The zero-order chi connectivity index (χ0) is 8.10. The minimum absolute atomic E-state index is 0. The minimum atomic E-state index is 0. The van der Waals surface area contributed by atoms with Gasteiger partial charge < -0.3 is 17.0 Å². The molecule has 0 bridgehead atoms. The van der Waals surface area contributed by atoms with Crippen LogP contribution in [-0.2, 0) is 6.54 Å². The van der Waals surface area contributed by atoms with Crippen LogP contribution in [0.5, 0.6) is 0 Å². The molecule has 68 valence electrons. The van der Waals surface area contributed by atoms with Gasteiger partial charge in [0, 0.05) is 18.6 Å². The Labute approximate surface area is 90.0 Å². The summed E-state index contributed by atoms with van der Waals surface area (Å²) in [7, 11) is 0. The fourth-order valence-corrected chi connectivity index (χ4v) is 1.08. The van der Waals surface area contributed by atoms with Crippen molar-refractivity contribution in [2.75, 3.05) is 5.75 Å². The molecule has 0 saturated heterocycles. The SMILES string of the molecule is Cc1cc[n+](CCCS)cc1.[Br-]. The lowest BCUT2D eigenvalue weighted by Gasteiger charge is -1.94. The molecule has 0 spiro atoms. The molecule has 1 aromatic rings. The van der Waals surface area contributed by atoms with Crippen molar-refractivity contribution < 1.29 is 21.5 Å². The van der Waals surface area contributed by atoms with Crippen molar-refractivity contribution in [3.8, 4) is 0 Å². The van der Waals surface area contributed by atoms with Crippen molar-refractivity contribution in [3.05, 3.63) is 30.1 Å². The van der Waals surface area contributed by atoms with Crippen LogP contribution in [0.3, 0.4) is 0 Å². The Morgan fingerprint density at radius 3 is 2.42 bits per heavy atom. The largest absolute Gasteiger partial charge is 1.00 e. The normalized spacial score (nSPS) is 9.17. The van der Waals surface area contributed by atoms with E-state index in [1.807, 2.05) is 0 Å².